The fourth-order valence-corrected chi connectivity index (χ4v) is 1.60. The summed E-state index contributed by atoms with van der Waals surface area (Å²) in [6.07, 6.45) is 6.26. The molecule has 0 aromatic heterocycles. The van der Waals surface area contributed by atoms with Gasteiger partial charge in [0.15, 0.2) is 0 Å². The molecule has 4 nitrogen and oxygen atoms in total. The zero-order valence-electron chi connectivity index (χ0n) is 9.33. The molecular weight excluding hydrogens is 190 g/mol. The molecule has 1 heterocycles. The van der Waals surface area contributed by atoms with E-state index in [2.05, 4.69) is 16.1 Å². The van der Waals surface area contributed by atoms with Crippen molar-refractivity contribution in [1.29, 1.82) is 0 Å². The van der Waals surface area contributed by atoms with Crippen molar-refractivity contribution < 1.29 is 4.79 Å². The highest BCUT2D eigenvalue weighted by Gasteiger charge is 2.14. The summed E-state index contributed by atoms with van der Waals surface area (Å²) in [6, 6.07) is 0. The molecule has 0 spiro atoms. The lowest BCUT2D eigenvalue weighted by Gasteiger charge is -2.22. The van der Waals surface area contributed by atoms with Crippen molar-refractivity contribution in [2.75, 3.05) is 46.3 Å². The number of nitrogens with zero attached hydrogens (tertiary/aromatic N) is 2. The maximum atomic E-state index is 11.7. The van der Waals surface area contributed by atoms with Crippen LogP contribution in [0.5, 0.6) is 0 Å². The molecule has 1 rings (SSSR count). The number of carbonyl (C=O) groups excluding carboxylic acids is 1. The Morgan fingerprint density at radius 2 is 2.33 bits per heavy atom. The van der Waals surface area contributed by atoms with Gasteiger partial charge in [0.2, 0.25) is 5.91 Å². The van der Waals surface area contributed by atoms with Crippen LogP contribution in [0.25, 0.3) is 0 Å². The summed E-state index contributed by atoms with van der Waals surface area (Å²) >= 11 is 0. The largest absolute Gasteiger partial charge is 0.334 e. The van der Waals surface area contributed by atoms with Crippen molar-refractivity contribution in [2.24, 2.45) is 0 Å². The van der Waals surface area contributed by atoms with Crippen LogP contribution in [0.3, 0.4) is 0 Å². The van der Waals surface area contributed by atoms with Crippen LogP contribution in [0.4, 0.5) is 0 Å². The number of hydrogen-bond donors (Lipinski definition) is 1. The highest BCUT2D eigenvalue weighted by Crippen LogP contribution is 1.96. The van der Waals surface area contributed by atoms with Gasteiger partial charge in [0.05, 0.1) is 13.1 Å². The van der Waals surface area contributed by atoms with Crippen LogP contribution in [0.1, 0.15) is 6.42 Å². The van der Waals surface area contributed by atoms with Gasteiger partial charge in [-0.3, -0.25) is 9.69 Å². The summed E-state index contributed by atoms with van der Waals surface area (Å²) in [5.41, 5.74) is 0. The monoisotopic (exact) mass is 209 g/mol. The molecule has 84 valence electrons. The van der Waals surface area contributed by atoms with Gasteiger partial charge in [-0.05, 0) is 19.5 Å². The SMILES string of the molecule is C#CCN(C)C(=O)CN1CCCNCC1. The van der Waals surface area contributed by atoms with Crippen LogP contribution in [0, 0.1) is 12.3 Å². The van der Waals surface area contributed by atoms with E-state index in [0.29, 0.717) is 13.1 Å². The van der Waals surface area contributed by atoms with E-state index in [9.17, 15) is 4.79 Å². The highest BCUT2D eigenvalue weighted by atomic mass is 16.2. The van der Waals surface area contributed by atoms with E-state index >= 15 is 0 Å². The van der Waals surface area contributed by atoms with Gasteiger partial charge in [0, 0.05) is 20.1 Å². The molecule has 0 atom stereocenters. The number of amides is 1. The molecule has 4 heteroatoms. The molecule has 0 unspecified atom stereocenters. The number of carbonyl (C=O) groups is 1. The topological polar surface area (TPSA) is 35.6 Å². The van der Waals surface area contributed by atoms with Crippen LogP contribution < -0.4 is 5.32 Å². The van der Waals surface area contributed by atoms with Crippen LogP contribution in [0.2, 0.25) is 0 Å². The number of hydrogen-bond acceptors (Lipinski definition) is 3. The van der Waals surface area contributed by atoms with E-state index in [0.717, 1.165) is 32.6 Å². The normalized spacial score (nSPS) is 17.9. The Morgan fingerprint density at radius 3 is 3.07 bits per heavy atom. The molecule has 1 saturated heterocycles. The van der Waals surface area contributed by atoms with Crippen molar-refractivity contribution in [2.45, 2.75) is 6.42 Å². The summed E-state index contributed by atoms with van der Waals surface area (Å²) in [5, 5.41) is 3.31. The number of nitrogens with one attached hydrogen (secondary N) is 1. The lowest BCUT2D eigenvalue weighted by molar-refractivity contribution is -0.130. The molecule has 1 amide bonds. The average molecular weight is 209 g/mol. The third-order valence-electron chi connectivity index (χ3n) is 2.55. The summed E-state index contributed by atoms with van der Waals surface area (Å²) in [5.74, 6) is 2.58. The fourth-order valence-electron chi connectivity index (χ4n) is 1.60. The molecule has 0 saturated carbocycles. The first-order chi connectivity index (χ1) is 7.24. The van der Waals surface area contributed by atoms with E-state index in [4.69, 9.17) is 6.42 Å². The minimum absolute atomic E-state index is 0.106. The van der Waals surface area contributed by atoms with Gasteiger partial charge in [-0.25, -0.2) is 0 Å². The summed E-state index contributed by atoms with van der Waals surface area (Å²) in [7, 11) is 1.75. The predicted octanol–water partition coefficient (Wildman–Crippen LogP) is -0.627. The van der Waals surface area contributed by atoms with E-state index < -0.39 is 0 Å². The lowest BCUT2D eigenvalue weighted by atomic mass is 10.3. The second kappa shape index (κ2) is 6.44. The van der Waals surface area contributed by atoms with E-state index in [-0.39, 0.29) is 5.91 Å². The molecule has 0 aromatic carbocycles. The van der Waals surface area contributed by atoms with Crippen LogP contribution in [0.15, 0.2) is 0 Å². The Hall–Kier alpha value is -1.05. The molecule has 15 heavy (non-hydrogen) atoms. The van der Waals surface area contributed by atoms with Crippen molar-refractivity contribution in [3.8, 4) is 12.3 Å². The molecule has 0 aromatic rings. The zero-order chi connectivity index (χ0) is 11.1. The fraction of sp³-hybridized carbons (Fsp3) is 0.727. The second-order valence-electron chi connectivity index (χ2n) is 3.83. The van der Waals surface area contributed by atoms with Crippen LogP contribution >= 0.6 is 0 Å². The van der Waals surface area contributed by atoms with Crippen molar-refractivity contribution in [1.82, 2.24) is 15.1 Å². The quantitative estimate of drug-likeness (QED) is 0.629. The van der Waals surface area contributed by atoms with Crippen molar-refractivity contribution in [3.05, 3.63) is 0 Å². The van der Waals surface area contributed by atoms with Gasteiger partial charge in [-0.15, -0.1) is 6.42 Å². The van der Waals surface area contributed by atoms with Gasteiger partial charge in [-0.1, -0.05) is 5.92 Å². The maximum absolute atomic E-state index is 11.7. The predicted molar refractivity (Wildman–Crippen MR) is 60.4 cm³/mol. The van der Waals surface area contributed by atoms with E-state index in [1.807, 2.05) is 0 Å². The third-order valence-corrected chi connectivity index (χ3v) is 2.55. The number of terminal acetylenes is 1. The van der Waals surface area contributed by atoms with Gasteiger partial charge in [-0.2, -0.15) is 0 Å². The molecule has 1 aliphatic heterocycles. The minimum atomic E-state index is 0.106. The Kier molecular flexibility index (Phi) is 5.16. The first kappa shape index (κ1) is 12.0. The Bertz CT molecular complexity index is 239. The molecule has 0 aliphatic carbocycles. The first-order valence-electron chi connectivity index (χ1n) is 5.34. The number of rotatable bonds is 3. The number of likely N-dealkylation sites (N-methyl/N-ethyl adjacent to an activating group) is 1. The van der Waals surface area contributed by atoms with Gasteiger partial charge < -0.3 is 10.2 Å². The summed E-state index contributed by atoms with van der Waals surface area (Å²) in [6.45, 7) is 4.82. The molecule has 1 N–H and O–H groups in total. The zero-order valence-corrected chi connectivity index (χ0v) is 9.33. The lowest BCUT2D eigenvalue weighted by Crippen LogP contribution is -2.40. The maximum Gasteiger partial charge on any atom is 0.237 e. The van der Waals surface area contributed by atoms with Crippen molar-refractivity contribution >= 4 is 5.91 Å². The van der Waals surface area contributed by atoms with Crippen molar-refractivity contribution in [3.63, 3.8) is 0 Å². The Balaban J connectivity index is 2.32. The second-order valence-corrected chi connectivity index (χ2v) is 3.83. The average Bonchev–Trinajstić information content (AvgIpc) is 2.46. The highest BCUT2D eigenvalue weighted by molar-refractivity contribution is 5.78. The van der Waals surface area contributed by atoms with Crippen LogP contribution in [-0.2, 0) is 4.79 Å². The molecule has 0 bridgehead atoms. The van der Waals surface area contributed by atoms with Crippen LogP contribution in [-0.4, -0.2) is 62.0 Å². The third kappa shape index (κ3) is 4.32. The Morgan fingerprint density at radius 1 is 1.53 bits per heavy atom. The van der Waals surface area contributed by atoms with Gasteiger partial charge in [0.1, 0.15) is 0 Å². The first-order valence-corrected chi connectivity index (χ1v) is 5.34. The van der Waals surface area contributed by atoms with E-state index in [1.165, 1.54) is 0 Å². The molecule has 1 fully saturated rings. The summed E-state index contributed by atoms with van der Waals surface area (Å²) < 4.78 is 0. The smallest absolute Gasteiger partial charge is 0.237 e. The molecule has 0 radical (unpaired) electrons. The van der Waals surface area contributed by atoms with E-state index in [1.54, 1.807) is 11.9 Å². The van der Waals surface area contributed by atoms with Gasteiger partial charge >= 0.3 is 0 Å². The molecule has 1 aliphatic rings. The Labute approximate surface area is 91.6 Å². The standard InChI is InChI=1S/C11H19N3O/c1-3-7-13(2)11(15)10-14-8-4-5-12-6-9-14/h1,12H,4-10H2,2H3. The van der Waals surface area contributed by atoms with Gasteiger partial charge in [0.25, 0.3) is 0 Å². The minimum Gasteiger partial charge on any atom is -0.334 e. The molecular formula is C11H19N3O. The summed E-state index contributed by atoms with van der Waals surface area (Å²) in [4.78, 5) is 15.5.